The van der Waals surface area contributed by atoms with Gasteiger partial charge in [0.05, 0.1) is 23.1 Å². The van der Waals surface area contributed by atoms with Crippen LogP contribution < -0.4 is 4.90 Å². The molecule has 31 heavy (non-hydrogen) atoms. The second-order valence-electron chi connectivity index (χ2n) is 8.11. The Morgan fingerprint density at radius 2 is 1.94 bits per heavy atom. The van der Waals surface area contributed by atoms with Crippen LogP contribution in [-0.4, -0.2) is 70.9 Å². The van der Waals surface area contributed by atoms with Gasteiger partial charge < -0.3 is 9.80 Å². The molecular formula is C24H30N6O. The Morgan fingerprint density at radius 1 is 1.16 bits per heavy atom. The molecule has 0 aliphatic carbocycles. The molecule has 7 nitrogen and oxygen atoms in total. The molecular weight excluding hydrogens is 388 g/mol. The maximum absolute atomic E-state index is 12.6. The molecule has 1 amide bonds. The first-order valence-electron chi connectivity index (χ1n) is 11.1. The number of imidazole rings is 1. The Balaban J connectivity index is 1.65. The number of aromatic nitrogens is 2. The van der Waals surface area contributed by atoms with E-state index in [1.165, 1.54) is 0 Å². The molecule has 1 aliphatic rings. The maximum atomic E-state index is 12.6. The summed E-state index contributed by atoms with van der Waals surface area (Å²) in [6, 6.07) is 12.5. The van der Waals surface area contributed by atoms with Crippen molar-refractivity contribution < 1.29 is 4.79 Å². The molecule has 0 unspecified atom stereocenters. The number of benzene rings is 1. The molecule has 3 heterocycles. The minimum Gasteiger partial charge on any atom is -0.356 e. The summed E-state index contributed by atoms with van der Waals surface area (Å²) in [6.45, 7) is 11.5. The number of nitrogens with zero attached hydrogens (tertiary/aromatic N) is 6. The number of amides is 1. The third-order valence-electron chi connectivity index (χ3n) is 6.25. The van der Waals surface area contributed by atoms with Crippen LogP contribution in [0.4, 0.5) is 5.82 Å². The van der Waals surface area contributed by atoms with Crippen molar-refractivity contribution in [3.63, 3.8) is 0 Å². The van der Waals surface area contributed by atoms with Crippen molar-refractivity contribution in [3.8, 4) is 6.07 Å². The topological polar surface area (TPSA) is 67.9 Å². The van der Waals surface area contributed by atoms with Crippen LogP contribution in [0.1, 0.15) is 31.4 Å². The lowest BCUT2D eigenvalue weighted by atomic mass is 10.1. The van der Waals surface area contributed by atoms with E-state index < -0.39 is 0 Å². The molecule has 0 N–H and O–H groups in total. The van der Waals surface area contributed by atoms with E-state index >= 15 is 0 Å². The van der Waals surface area contributed by atoms with E-state index in [2.05, 4.69) is 32.4 Å². The lowest BCUT2D eigenvalue weighted by molar-refractivity contribution is -0.132. The highest BCUT2D eigenvalue weighted by Gasteiger charge is 2.23. The van der Waals surface area contributed by atoms with Gasteiger partial charge in [0, 0.05) is 39.3 Å². The minimum atomic E-state index is 0.204. The molecule has 1 aromatic carbocycles. The van der Waals surface area contributed by atoms with Crippen LogP contribution in [0.3, 0.4) is 0 Å². The number of anilines is 1. The van der Waals surface area contributed by atoms with Crippen molar-refractivity contribution in [2.45, 2.75) is 27.2 Å². The number of aryl methyl sites for hydroxylation is 1. The SMILES string of the molecule is CCN(CC)C(=O)CN1CCCN(c2cc(C)c(C#N)c3nc4ccccc4n23)CC1. The van der Waals surface area contributed by atoms with Crippen molar-refractivity contribution >= 4 is 28.4 Å². The normalized spacial score (nSPS) is 15.2. The van der Waals surface area contributed by atoms with Gasteiger partial charge in [-0.1, -0.05) is 12.1 Å². The number of hydrogen-bond acceptors (Lipinski definition) is 5. The fourth-order valence-corrected chi connectivity index (χ4v) is 4.53. The van der Waals surface area contributed by atoms with Crippen LogP contribution >= 0.6 is 0 Å². The summed E-state index contributed by atoms with van der Waals surface area (Å²) in [5.41, 5.74) is 4.20. The largest absolute Gasteiger partial charge is 0.356 e. The number of rotatable bonds is 5. The van der Waals surface area contributed by atoms with Gasteiger partial charge in [-0.05, 0) is 51.0 Å². The summed E-state index contributed by atoms with van der Waals surface area (Å²) >= 11 is 0. The van der Waals surface area contributed by atoms with Crippen molar-refractivity contribution in [2.24, 2.45) is 0 Å². The van der Waals surface area contributed by atoms with E-state index in [0.717, 1.165) is 73.8 Å². The van der Waals surface area contributed by atoms with E-state index in [0.29, 0.717) is 12.1 Å². The molecule has 0 spiro atoms. The maximum Gasteiger partial charge on any atom is 0.236 e. The Hall–Kier alpha value is -3.11. The number of pyridine rings is 1. The van der Waals surface area contributed by atoms with Crippen molar-refractivity contribution in [2.75, 3.05) is 50.7 Å². The summed E-state index contributed by atoms with van der Waals surface area (Å²) in [4.78, 5) is 23.9. The van der Waals surface area contributed by atoms with Crippen molar-refractivity contribution in [1.29, 1.82) is 5.26 Å². The molecule has 4 rings (SSSR count). The Labute approximate surface area is 183 Å². The number of para-hydroxylation sites is 2. The van der Waals surface area contributed by atoms with Gasteiger partial charge in [0.15, 0.2) is 5.65 Å². The molecule has 1 fully saturated rings. The molecule has 1 aliphatic heterocycles. The van der Waals surface area contributed by atoms with Crippen LogP contribution in [-0.2, 0) is 4.79 Å². The smallest absolute Gasteiger partial charge is 0.236 e. The average Bonchev–Trinajstić information content (AvgIpc) is 2.99. The summed E-state index contributed by atoms with van der Waals surface area (Å²) < 4.78 is 2.12. The van der Waals surface area contributed by atoms with Gasteiger partial charge in [-0.15, -0.1) is 0 Å². The van der Waals surface area contributed by atoms with Crippen molar-refractivity contribution in [1.82, 2.24) is 19.2 Å². The number of fused-ring (bicyclic) bond motifs is 3. The standard InChI is InChI=1S/C24H30N6O/c1-4-28(5-2)23(31)17-27-11-8-12-29(14-13-27)22-15-18(3)19(16-25)24-26-20-9-6-7-10-21(20)30(22)24/h6-7,9-10,15H,4-5,8,11-14,17H2,1-3H3. The van der Waals surface area contributed by atoms with Gasteiger partial charge in [-0.3, -0.25) is 14.1 Å². The van der Waals surface area contributed by atoms with E-state index in [4.69, 9.17) is 4.98 Å². The van der Waals surface area contributed by atoms with E-state index in [1.807, 2.05) is 43.9 Å². The number of nitriles is 1. The highest BCUT2D eigenvalue weighted by atomic mass is 16.2. The minimum absolute atomic E-state index is 0.204. The average molecular weight is 419 g/mol. The molecule has 0 bridgehead atoms. The lowest BCUT2D eigenvalue weighted by Crippen LogP contribution is -2.41. The predicted molar refractivity (Wildman–Crippen MR) is 123 cm³/mol. The quantitative estimate of drug-likeness (QED) is 0.637. The van der Waals surface area contributed by atoms with Crippen LogP contribution in [0.5, 0.6) is 0 Å². The molecule has 7 heteroatoms. The first-order chi connectivity index (χ1) is 15.1. The fourth-order valence-electron chi connectivity index (χ4n) is 4.53. The second kappa shape index (κ2) is 8.94. The molecule has 3 aromatic rings. The highest BCUT2D eigenvalue weighted by molar-refractivity contribution is 5.85. The van der Waals surface area contributed by atoms with E-state index in [-0.39, 0.29) is 5.91 Å². The molecule has 1 saturated heterocycles. The fraction of sp³-hybridized carbons (Fsp3) is 0.458. The van der Waals surface area contributed by atoms with Gasteiger partial charge in [-0.2, -0.15) is 5.26 Å². The van der Waals surface area contributed by atoms with Crippen LogP contribution in [0, 0.1) is 18.3 Å². The third-order valence-corrected chi connectivity index (χ3v) is 6.25. The number of carbonyl (C=O) groups is 1. The van der Waals surface area contributed by atoms with Crippen LogP contribution in [0.25, 0.3) is 16.7 Å². The highest BCUT2D eigenvalue weighted by Crippen LogP contribution is 2.29. The Morgan fingerprint density at radius 3 is 2.68 bits per heavy atom. The van der Waals surface area contributed by atoms with Gasteiger partial charge in [0.2, 0.25) is 5.91 Å². The number of carbonyl (C=O) groups excluding carboxylic acids is 1. The molecule has 162 valence electrons. The zero-order chi connectivity index (χ0) is 22.0. The third kappa shape index (κ3) is 3.96. The predicted octanol–water partition coefficient (Wildman–Crippen LogP) is 3.05. The van der Waals surface area contributed by atoms with Gasteiger partial charge in [-0.25, -0.2) is 4.98 Å². The monoisotopic (exact) mass is 418 g/mol. The van der Waals surface area contributed by atoms with E-state index in [9.17, 15) is 10.1 Å². The first kappa shape index (κ1) is 21.1. The zero-order valence-corrected chi connectivity index (χ0v) is 18.6. The Kier molecular flexibility index (Phi) is 6.10. The molecule has 0 radical (unpaired) electrons. The lowest BCUT2D eigenvalue weighted by Gasteiger charge is -2.26. The van der Waals surface area contributed by atoms with Gasteiger partial charge in [0.25, 0.3) is 0 Å². The molecule has 2 aromatic heterocycles. The zero-order valence-electron chi connectivity index (χ0n) is 18.6. The number of likely N-dealkylation sites (N-methyl/N-ethyl adjacent to an activating group) is 1. The summed E-state index contributed by atoms with van der Waals surface area (Å²) in [5.74, 6) is 1.27. The van der Waals surface area contributed by atoms with E-state index in [1.54, 1.807) is 0 Å². The molecule has 0 atom stereocenters. The Bertz CT molecular complexity index is 1140. The van der Waals surface area contributed by atoms with Crippen LogP contribution in [0.2, 0.25) is 0 Å². The van der Waals surface area contributed by atoms with Crippen LogP contribution in [0.15, 0.2) is 30.3 Å². The number of hydrogen-bond donors (Lipinski definition) is 0. The first-order valence-corrected chi connectivity index (χ1v) is 11.1. The van der Waals surface area contributed by atoms with Gasteiger partial charge in [0.1, 0.15) is 11.9 Å². The summed E-state index contributed by atoms with van der Waals surface area (Å²) in [6.07, 6.45) is 0.985. The van der Waals surface area contributed by atoms with Gasteiger partial charge >= 0.3 is 0 Å². The second-order valence-corrected chi connectivity index (χ2v) is 8.11. The summed E-state index contributed by atoms with van der Waals surface area (Å²) in [7, 11) is 0. The van der Waals surface area contributed by atoms with Crippen molar-refractivity contribution in [3.05, 3.63) is 41.5 Å². The summed E-state index contributed by atoms with van der Waals surface area (Å²) in [5, 5.41) is 9.73. The molecule has 0 saturated carbocycles.